The molecular formula is C10H20O2. The zero-order valence-electron chi connectivity index (χ0n) is 8.14. The third-order valence-corrected chi connectivity index (χ3v) is 3.20. The van der Waals surface area contributed by atoms with Crippen LogP contribution in [0.4, 0.5) is 0 Å². The molecule has 0 bridgehead atoms. The lowest BCUT2D eigenvalue weighted by atomic mass is 9.83. The van der Waals surface area contributed by atoms with Crippen LogP contribution in [0.15, 0.2) is 0 Å². The molecule has 0 saturated heterocycles. The number of unbranched alkanes of at least 4 members (excludes halogenated alkanes) is 1. The monoisotopic (exact) mass is 172 g/mol. The van der Waals surface area contributed by atoms with Crippen molar-refractivity contribution in [1.29, 1.82) is 0 Å². The summed E-state index contributed by atoms with van der Waals surface area (Å²) in [5.74, 6) is 0. The Morgan fingerprint density at radius 2 is 1.92 bits per heavy atom. The van der Waals surface area contributed by atoms with E-state index in [1.165, 1.54) is 0 Å². The number of rotatable bonds is 3. The van der Waals surface area contributed by atoms with E-state index in [2.05, 4.69) is 6.92 Å². The lowest BCUT2D eigenvalue weighted by Gasteiger charge is -2.35. The van der Waals surface area contributed by atoms with E-state index in [0.29, 0.717) is 0 Å². The summed E-state index contributed by atoms with van der Waals surface area (Å²) < 4.78 is 0. The van der Waals surface area contributed by atoms with Crippen molar-refractivity contribution in [2.45, 2.75) is 63.6 Å². The van der Waals surface area contributed by atoms with E-state index < -0.39 is 11.2 Å². The van der Waals surface area contributed by atoms with E-state index in [4.69, 9.17) is 0 Å². The summed E-state index contributed by atoms with van der Waals surface area (Å²) in [6.07, 6.45) is 5.29. The third kappa shape index (κ3) is 1.64. The van der Waals surface area contributed by atoms with Gasteiger partial charge in [0.2, 0.25) is 0 Å². The second-order valence-electron chi connectivity index (χ2n) is 4.26. The van der Waals surface area contributed by atoms with E-state index in [-0.39, 0.29) is 0 Å². The predicted molar refractivity (Wildman–Crippen MR) is 48.9 cm³/mol. The Morgan fingerprint density at radius 3 is 2.33 bits per heavy atom. The normalized spacial score (nSPS) is 42.0. The van der Waals surface area contributed by atoms with E-state index in [1.807, 2.05) is 0 Å². The van der Waals surface area contributed by atoms with E-state index in [0.717, 1.165) is 38.5 Å². The minimum Gasteiger partial charge on any atom is -0.387 e. The van der Waals surface area contributed by atoms with Gasteiger partial charge in [-0.15, -0.1) is 0 Å². The average Bonchev–Trinajstić information content (AvgIpc) is 2.24. The fraction of sp³-hybridized carbons (Fsp3) is 1.00. The van der Waals surface area contributed by atoms with Gasteiger partial charge in [0.05, 0.1) is 11.2 Å². The van der Waals surface area contributed by atoms with Crippen molar-refractivity contribution in [3.05, 3.63) is 0 Å². The lowest BCUT2D eigenvalue weighted by Crippen LogP contribution is -2.47. The van der Waals surface area contributed by atoms with Crippen LogP contribution < -0.4 is 0 Å². The summed E-state index contributed by atoms with van der Waals surface area (Å²) in [7, 11) is 0. The Bertz CT molecular complexity index is 154. The summed E-state index contributed by atoms with van der Waals surface area (Å²) >= 11 is 0. The SMILES string of the molecule is CCCC[C@@]1(O)CCC[C@@]1(C)O. The van der Waals surface area contributed by atoms with Crippen molar-refractivity contribution < 1.29 is 10.2 Å². The van der Waals surface area contributed by atoms with Crippen LogP contribution in [0.3, 0.4) is 0 Å². The van der Waals surface area contributed by atoms with Gasteiger partial charge in [-0.2, -0.15) is 0 Å². The molecule has 1 fully saturated rings. The molecule has 0 amide bonds. The third-order valence-electron chi connectivity index (χ3n) is 3.20. The molecule has 0 spiro atoms. The molecular weight excluding hydrogens is 152 g/mol. The molecule has 0 aromatic carbocycles. The van der Waals surface area contributed by atoms with E-state index in [1.54, 1.807) is 6.92 Å². The minimum absolute atomic E-state index is 0.743. The number of hydrogen-bond donors (Lipinski definition) is 2. The van der Waals surface area contributed by atoms with Crippen LogP contribution >= 0.6 is 0 Å². The first kappa shape index (κ1) is 10.0. The van der Waals surface area contributed by atoms with Gasteiger partial charge in [0.25, 0.3) is 0 Å². The molecule has 1 saturated carbocycles. The van der Waals surface area contributed by atoms with Gasteiger partial charge in [-0.25, -0.2) is 0 Å². The number of aliphatic hydroxyl groups is 2. The maximum Gasteiger partial charge on any atom is 0.0930 e. The lowest BCUT2D eigenvalue weighted by molar-refractivity contribution is -0.124. The fourth-order valence-corrected chi connectivity index (χ4v) is 2.09. The van der Waals surface area contributed by atoms with Crippen LogP contribution in [0.5, 0.6) is 0 Å². The maximum atomic E-state index is 10.1. The largest absolute Gasteiger partial charge is 0.387 e. The first-order valence-electron chi connectivity index (χ1n) is 4.96. The van der Waals surface area contributed by atoms with Crippen LogP contribution in [0.1, 0.15) is 52.4 Å². The van der Waals surface area contributed by atoms with Gasteiger partial charge in [-0.05, 0) is 32.6 Å². The summed E-state index contributed by atoms with van der Waals surface area (Å²) in [6, 6.07) is 0. The molecule has 0 heterocycles. The summed E-state index contributed by atoms with van der Waals surface area (Å²) in [5, 5.41) is 20.0. The van der Waals surface area contributed by atoms with Crippen molar-refractivity contribution in [3.63, 3.8) is 0 Å². The molecule has 72 valence electrons. The molecule has 0 aromatic rings. The van der Waals surface area contributed by atoms with Gasteiger partial charge in [-0.3, -0.25) is 0 Å². The molecule has 1 aliphatic rings. The highest BCUT2D eigenvalue weighted by molar-refractivity contribution is 5.01. The highest BCUT2D eigenvalue weighted by atomic mass is 16.4. The smallest absolute Gasteiger partial charge is 0.0930 e. The van der Waals surface area contributed by atoms with Gasteiger partial charge in [-0.1, -0.05) is 19.8 Å². The molecule has 2 heteroatoms. The van der Waals surface area contributed by atoms with E-state index >= 15 is 0 Å². The molecule has 0 unspecified atom stereocenters. The molecule has 0 aliphatic heterocycles. The van der Waals surface area contributed by atoms with E-state index in [9.17, 15) is 10.2 Å². The Kier molecular flexibility index (Phi) is 2.79. The van der Waals surface area contributed by atoms with Gasteiger partial charge < -0.3 is 10.2 Å². The van der Waals surface area contributed by atoms with Gasteiger partial charge in [0.1, 0.15) is 0 Å². The summed E-state index contributed by atoms with van der Waals surface area (Å²) in [5.41, 5.74) is -1.65. The summed E-state index contributed by atoms with van der Waals surface area (Å²) in [6.45, 7) is 3.86. The predicted octanol–water partition coefficient (Wildman–Crippen LogP) is 1.84. The van der Waals surface area contributed by atoms with Gasteiger partial charge in [0, 0.05) is 0 Å². The van der Waals surface area contributed by atoms with Crippen LogP contribution in [0.25, 0.3) is 0 Å². The Labute approximate surface area is 74.6 Å². The second-order valence-corrected chi connectivity index (χ2v) is 4.26. The first-order chi connectivity index (χ1) is 5.52. The van der Waals surface area contributed by atoms with Crippen LogP contribution in [0.2, 0.25) is 0 Å². The van der Waals surface area contributed by atoms with Crippen molar-refractivity contribution in [2.75, 3.05) is 0 Å². The topological polar surface area (TPSA) is 40.5 Å². The van der Waals surface area contributed by atoms with Crippen molar-refractivity contribution >= 4 is 0 Å². The standard InChI is InChI=1S/C10H20O2/c1-3-4-7-10(12)8-5-6-9(10,2)11/h11-12H,3-8H2,1-2H3/t9-,10-/m1/s1. The Morgan fingerprint density at radius 1 is 1.25 bits per heavy atom. The van der Waals surface area contributed by atoms with Crippen LogP contribution in [-0.2, 0) is 0 Å². The zero-order chi connectivity index (χ0) is 9.24. The molecule has 2 N–H and O–H groups in total. The van der Waals surface area contributed by atoms with Gasteiger partial charge in [0.15, 0.2) is 0 Å². The molecule has 0 aromatic heterocycles. The molecule has 0 radical (unpaired) electrons. The molecule has 12 heavy (non-hydrogen) atoms. The molecule has 1 rings (SSSR count). The Hall–Kier alpha value is -0.0800. The zero-order valence-corrected chi connectivity index (χ0v) is 8.14. The van der Waals surface area contributed by atoms with Crippen molar-refractivity contribution in [1.82, 2.24) is 0 Å². The van der Waals surface area contributed by atoms with Crippen molar-refractivity contribution in [2.24, 2.45) is 0 Å². The fourth-order valence-electron chi connectivity index (χ4n) is 2.09. The van der Waals surface area contributed by atoms with Crippen LogP contribution in [-0.4, -0.2) is 21.4 Å². The van der Waals surface area contributed by atoms with Crippen molar-refractivity contribution in [3.8, 4) is 0 Å². The maximum absolute atomic E-state index is 10.1. The molecule has 2 nitrogen and oxygen atoms in total. The van der Waals surface area contributed by atoms with Crippen LogP contribution in [0, 0.1) is 0 Å². The van der Waals surface area contributed by atoms with Gasteiger partial charge >= 0.3 is 0 Å². The highest BCUT2D eigenvalue weighted by Crippen LogP contribution is 2.42. The Balaban J connectivity index is 2.56. The molecule has 2 atom stereocenters. The minimum atomic E-state index is -0.845. The number of hydrogen-bond acceptors (Lipinski definition) is 2. The second kappa shape index (κ2) is 3.35. The first-order valence-corrected chi connectivity index (χ1v) is 4.96. The summed E-state index contributed by atoms with van der Waals surface area (Å²) in [4.78, 5) is 0. The average molecular weight is 172 g/mol. The quantitative estimate of drug-likeness (QED) is 0.682. The molecule has 1 aliphatic carbocycles. The highest BCUT2D eigenvalue weighted by Gasteiger charge is 2.48.